The van der Waals surface area contributed by atoms with Gasteiger partial charge in [0.05, 0.1) is 12.7 Å². The average molecular weight is 367 g/mol. The number of carbonyl (C=O) groups excluding carboxylic acids is 1. The maximum atomic E-state index is 11.3. The number of ether oxygens (including phenoxy) is 1. The molecule has 3 heteroatoms. The summed E-state index contributed by atoms with van der Waals surface area (Å²) in [6, 6.07) is 20.7. The molecule has 0 aromatic heterocycles. The van der Waals surface area contributed by atoms with Crippen molar-refractivity contribution >= 4 is 18.0 Å². The Morgan fingerprint density at radius 3 is 2.50 bits per heavy atom. The van der Waals surface area contributed by atoms with E-state index in [0.29, 0.717) is 13.0 Å². The van der Waals surface area contributed by atoms with Gasteiger partial charge in [0.25, 0.3) is 0 Å². The maximum absolute atomic E-state index is 11.3. The van der Waals surface area contributed by atoms with Gasteiger partial charge in [0.15, 0.2) is 0 Å². The van der Waals surface area contributed by atoms with Crippen molar-refractivity contribution in [1.29, 1.82) is 0 Å². The molecule has 2 atom stereocenters. The van der Waals surface area contributed by atoms with Crippen molar-refractivity contribution in [1.82, 2.24) is 0 Å². The van der Waals surface area contributed by atoms with Crippen LogP contribution in [0.3, 0.4) is 0 Å². The maximum Gasteiger partial charge on any atom is 0.120 e. The fraction of sp³-hybridized carbons (Fsp3) is 0.348. The van der Waals surface area contributed by atoms with Gasteiger partial charge in [0, 0.05) is 22.5 Å². The Labute approximate surface area is 160 Å². The summed E-state index contributed by atoms with van der Waals surface area (Å²) in [5.41, 5.74) is 2.37. The zero-order chi connectivity index (χ0) is 18.2. The lowest BCUT2D eigenvalue weighted by atomic mass is 9.73. The van der Waals surface area contributed by atoms with E-state index in [1.807, 2.05) is 36.0 Å². The lowest BCUT2D eigenvalue weighted by Gasteiger charge is -2.38. The quantitative estimate of drug-likeness (QED) is 0.341. The van der Waals surface area contributed by atoms with Gasteiger partial charge in [-0.1, -0.05) is 67.1 Å². The van der Waals surface area contributed by atoms with Crippen molar-refractivity contribution < 1.29 is 9.53 Å². The summed E-state index contributed by atoms with van der Waals surface area (Å²) < 4.78 is 6.24. The number of hydrogen-bond donors (Lipinski definition) is 0. The van der Waals surface area contributed by atoms with Gasteiger partial charge in [-0.3, -0.25) is 0 Å². The molecule has 136 valence electrons. The number of aldehydes is 1. The Morgan fingerprint density at radius 2 is 1.81 bits per heavy atom. The Kier molecular flexibility index (Phi) is 6.70. The standard InChI is InChI=1S/C23H26O2S/c1-23(14-15-24)16-20(18-26-21-10-6-3-7-11-21)12-13-22(23)25-17-19-8-4-2-5-9-19/h2-11,15-16,22H,12-14,17-18H2,1H3/t22-,23-/m0/s1. The summed E-state index contributed by atoms with van der Waals surface area (Å²) in [5, 5.41) is 0. The summed E-state index contributed by atoms with van der Waals surface area (Å²) >= 11 is 1.86. The van der Waals surface area contributed by atoms with Crippen LogP contribution in [-0.2, 0) is 16.1 Å². The fourth-order valence-corrected chi connectivity index (χ4v) is 4.43. The zero-order valence-electron chi connectivity index (χ0n) is 15.3. The summed E-state index contributed by atoms with van der Waals surface area (Å²) in [7, 11) is 0. The molecule has 2 aromatic carbocycles. The smallest absolute Gasteiger partial charge is 0.120 e. The van der Waals surface area contributed by atoms with E-state index in [9.17, 15) is 4.79 Å². The van der Waals surface area contributed by atoms with Crippen molar-refractivity contribution in [3.63, 3.8) is 0 Å². The van der Waals surface area contributed by atoms with E-state index in [0.717, 1.165) is 24.9 Å². The third-order valence-corrected chi connectivity index (χ3v) is 6.10. The topological polar surface area (TPSA) is 26.3 Å². The van der Waals surface area contributed by atoms with Crippen LogP contribution in [0.15, 0.2) is 77.2 Å². The van der Waals surface area contributed by atoms with Crippen LogP contribution < -0.4 is 0 Å². The molecule has 0 saturated heterocycles. The number of rotatable bonds is 8. The molecule has 0 bridgehead atoms. The van der Waals surface area contributed by atoms with Gasteiger partial charge >= 0.3 is 0 Å². The molecule has 0 spiro atoms. The molecular weight excluding hydrogens is 340 g/mol. The van der Waals surface area contributed by atoms with Gasteiger partial charge in [-0.2, -0.15) is 0 Å². The minimum atomic E-state index is -0.221. The second-order valence-corrected chi connectivity index (χ2v) is 8.15. The van der Waals surface area contributed by atoms with Gasteiger partial charge < -0.3 is 9.53 Å². The molecule has 2 aromatic rings. The summed E-state index contributed by atoms with van der Waals surface area (Å²) in [6.45, 7) is 2.76. The predicted octanol–water partition coefficient (Wildman–Crippen LogP) is 5.68. The van der Waals surface area contributed by atoms with Crippen molar-refractivity contribution in [2.75, 3.05) is 5.75 Å². The fourth-order valence-electron chi connectivity index (χ4n) is 3.50. The van der Waals surface area contributed by atoms with E-state index in [1.165, 1.54) is 16.0 Å². The average Bonchev–Trinajstić information content (AvgIpc) is 2.67. The van der Waals surface area contributed by atoms with Crippen LogP contribution in [-0.4, -0.2) is 18.1 Å². The molecular formula is C23H26O2S. The minimum absolute atomic E-state index is 0.0818. The molecule has 0 saturated carbocycles. The minimum Gasteiger partial charge on any atom is -0.373 e. The van der Waals surface area contributed by atoms with E-state index in [1.54, 1.807) is 0 Å². The number of benzene rings is 2. The highest BCUT2D eigenvalue weighted by Crippen LogP contribution is 2.40. The lowest BCUT2D eigenvalue weighted by molar-refractivity contribution is -0.112. The highest BCUT2D eigenvalue weighted by Gasteiger charge is 2.36. The second kappa shape index (κ2) is 9.20. The second-order valence-electron chi connectivity index (χ2n) is 7.10. The third kappa shape index (κ3) is 5.09. The molecule has 0 N–H and O–H groups in total. The lowest BCUT2D eigenvalue weighted by Crippen LogP contribution is -2.36. The molecule has 2 nitrogen and oxygen atoms in total. The van der Waals surface area contributed by atoms with E-state index in [4.69, 9.17) is 4.74 Å². The van der Waals surface area contributed by atoms with Crippen LogP contribution in [0.4, 0.5) is 0 Å². The Balaban J connectivity index is 1.64. The van der Waals surface area contributed by atoms with Crippen LogP contribution in [0.5, 0.6) is 0 Å². The number of hydrogen-bond acceptors (Lipinski definition) is 3. The molecule has 0 unspecified atom stereocenters. The summed E-state index contributed by atoms with van der Waals surface area (Å²) in [4.78, 5) is 12.6. The molecule has 1 aliphatic carbocycles. The van der Waals surface area contributed by atoms with Crippen LogP contribution in [0.2, 0.25) is 0 Å². The van der Waals surface area contributed by atoms with E-state index >= 15 is 0 Å². The number of thioether (sulfide) groups is 1. The molecule has 26 heavy (non-hydrogen) atoms. The Hall–Kier alpha value is -1.84. The predicted molar refractivity (Wildman–Crippen MR) is 108 cm³/mol. The SMILES string of the molecule is C[C@]1(CC=O)C=C(CSc2ccccc2)CC[C@@H]1OCc1ccccc1. The van der Waals surface area contributed by atoms with Crippen molar-refractivity contribution in [2.24, 2.45) is 5.41 Å². The first kappa shape index (κ1) is 18.9. The molecule has 0 heterocycles. The molecule has 0 radical (unpaired) electrons. The molecule has 0 fully saturated rings. The monoisotopic (exact) mass is 366 g/mol. The van der Waals surface area contributed by atoms with Crippen LogP contribution in [0, 0.1) is 5.41 Å². The Bertz CT molecular complexity index is 726. The van der Waals surface area contributed by atoms with Crippen LogP contribution in [0.1, 0.15) is 31.7 Å². The Morgan fingerprint density at radius 1 is 1.12 bits per heavy atom. The first-order valence-electron chi connectivity index (χ1n) is 9.17. The van der Waals surface area contributed by atoms with E-state index in [2.05, 4.69) is 49.4 Å². The molecule has 3 rings (SSSR count). The highest BCUT2D eigenvalue weighted by atomic mass is 32.2. The zero-order valence-corrected chi connectivity index (χ0v) is 16.1. The van der Waals surface area contributed by atoms with Crippen molar-refractivity contribution in [2.45, 2.75) is 43.8 Å². The van der Waals surface area contributed by atoms with E-state index < -0.39 is 0 Å². The van der Waals surface area contributed by atoms with E-state index in [-0.39, 0.29) is 11.5 Å². The van der Waals surface area contributed by atoms with Crippen LogP contribution >= 0.6 is 11.8 Å². The summed E-state index contributed by atoms with van der Waals surface area (Å²) in [6.07, 6.45) is 5.93. The highest BCUT2D eigenvalue weighted by molar-refractivity contribution is 7.99. The van der Waals surface area contributed by atoms with Crippen LogP contribution in [0.25, 0.3) is 0 Å². The van der Waals surface area contributed by atoms with Gasteiger partial charge in [0.1, 0.15) is 6.29 Å². The van der Waals surface area contributed by atoms with Gasteiger partial charge in [0.2, 0.25) is 0 Å². The third-order valence-electron chi connectivity index (χ3n) is 4.98. The van der Waals surface area contributed by atoms with Gasteiger partial charge in [-0.05, 0) is 30.5 Å². The molecule has 0 amide bonds. The van der Waals surface area contributed by atoms with Gasteiger partial charge in [-0.25, -0.2) is 0 Å². The van der Waals surface area contributed by atoms with Crippen molar-refractivity contribution in [3.8, 4) is 0 Å². The molecule has 1 aliphatic rings. The largest absolute Gasteiger partial charge is 0.373 e. The first-order chi connectivity index (χ1) is 12.7. The normalized spacial score (nSPS) is 22.7. The van der Waals surface area contributed by atoms with Crippen molar-refractivity contribution in [3.05, 3.63) is 77.9 Å². The van der Waals surface area contributed by atoms with Gasteiger partial charge in [-0.15, -0.1) is 11.8 Å². The first-order valence-corrected chi connectivity index (χ1v) is 10.2. The number of carbonyl (C=O) groups is 1. The molecule has 0 aliphatic heterocycles. The summed E-state index contributed by atoms with van der Waals surface area (Å²) in [5.74, 6) is 0.976.